The number of nitrogens with one attached hydrogen (secondary N) is 2. The van der Waals surface area contributed by atoms with Crippen molar-refractivity contribution in [3.05, 3.63) is 52.3 Å². The lowest BCUT2D eigenvalue weighted by molar-refractivity contribution is -0.118. The van der Waals surface area contributed by atoms with Crippen LogP contribution < -0.4 is 10.6 Å². The molecule has 0 spiro atoms. The van der Waals surface area contributed by atoms with Crippen molar-refractivity contribution in [3.8, 4) is 6.07 Å². The average molecular weight is 440 g/mol. The van der Waals surface area contributed by atoms with Crippen molar-refractivity contribution in [2.45, 2.75) is 57.5 Å². The molecule has 1 saturated carbocycles. The van der Waals surface area contributed by atoms with Gasteiger partial charge >= 0.3 is 0 Å². The van der Waals surface area contributed by atoms with Crippen LogP contribution in [0.25, 0.3) is 0 Å². The van der Waals surface area contributed by atoms with E-state index in [-0.39, 0.29) is 16.9 Å². The van der Waals surface area contributed by atoms with E-state index in [1.807, 2.05) is 0 Å². The van der Waals surface area contributed by atoms with Crippen LogP contribution in [0, 0.1) is 29.9 Å². The van der Waals surface area contributed by atoms with E-state index in [1.54, 1.807) is 11.5 Å². The van der Waals surface area contributed by atoms with Gasteiger partial charge in [0.2, 0.25) is 0 Å². The lowest BCUT2D eigenvalue weighted by Gasteiger charge is -2.15. The summed E-state index contributed by atoms with van der Waals surface area (Å²) >= 11 is 0. The number of rotatable bonds is 7. The lowest BCUT2D eigenvalue weighted by atomic mass is 10.0. The number of hydrogen-bond acceptors (Lipinski definition) is 4. The maximum Gasteiger partial charge on any atom is 0.292 e. The Kier molecular flexibility index (Phi) is 5.55. The van der Waals surface area contributed by atoms with Crippen LogP contribution in [0.2, 0.25) is 0 Å². The Hall–Kier alpha value is -3.54. The first kappa shape index (κ1) is 21.7. The Bertz CT molecular complexity index is 1170. The molecule has 4 rings (SSSR count). The minimum atomic E-state index is -1.09. The second kappa shape index (κ2) is 8.19. The molecule has 7 nitrogen and oxygen atoms in total. The fourth-order valence-electron chi connectivity index (χ4n) is 4.37. The highest BCUT2D eigenvalue weighted by molar-refractivity contribution is 6.44. The molecule has 2 heterocycles. The number of hydrogen-bond donors (Lipinski definition) is 2. The molecule has 1 fully saturated rings. The van der Waals surface area contributed by atoms with Crippen LogP contribution in [0.4, 0.5) is 14.5 Å². The van der Waals surface area contributed by atoms with E-state index in [2.05, 4.69) is 16.7 Å². The minimum Gasteiger partial charge on any atom is -0.344 e. The van der Waals surface area contributed by atoms with Crippen molar-refractivity contribution in [1.29, 1.82) is 5.26 Å². The topological polar surface area (TPSA) is 104 Å². The van der Waals surface area contributed by atoms with Gasteiger partial charge in [0, 0.05) is 36.0 Å². The van der Waals surface area contributed by atoms with Crippen molar-refractivity contribution >= 4 is 23.3 Å². The molecule has 0 atom stereocenters. The van der Waals surface area contributed by atoms with Crippen molar-refractivity contribution < 1.29 is 23.2 Å². The van der Waals surface area contributed by atoms with E-state index < -0.39 is 34.8 Å². The van der Waals surface area contributed by atoms with Crippen molar-refractivity contribution in [3.63, 3.8) is 0 Å². The summed E-state index contributed by atoms with van der Waals surface area (Å²) in [6.45, 7) is 2.12. The van der Waals surface area contributed by atoms with Gasteiger partial charge in [-0.1, -0.05) is 0 Å². The molecule has 1 aliphatic carbocycles. The maximum absolute atomic E-state index is 13.5. The third kappa shape index (κ3) is 3.88. The van der Waals surface area contributed by atoms with Gasteiger partial charge in [-0.3, -0.25) is 14.4 Å². The van der Waals surface area contributed by atoms with Crippen LogP contribution in [-0.4, -0.2) is 27.7 Å². The number of aromatic nitrogens is 1. The summed E-state index contributed by atoms with van der Waals surface area (Å²) in [5, 5.41) is 14.1. The minimum absolute atomic E-state index is 0.0839. The zero-order valence-electron chi connectivity index (χ0n) is 17.6. The molecular formula is C23H22F2N4O3. The molecule has 0 unspecified atom stereocenters. The zero-order valence-corrected chi connectivity index (χ0v) is 17.6. The predicted molar refractivity (Wildman–Crippen MR) is 111 cm³/mol. The molecule has 1 aromatic carbocycles. The molecule has 2 amide bonds. The fourth-order valence-corrected chi connectivity index (χ4v) is 4.37. The summed E-state index contributed by atoms with van der Waals surface area (Å²) in [4.78, 5) is 38.8. The van der Waals surface area contributed by atoms with E-state index in [4.69, 9.17) is 5.26 Å². The molecule has 1 aliphatic heterocycles. The highest BCUT2D eigenvalue weighted by Crippen LogP contribution is 2.40. The normalized spacial score (nSPS) is 15.6. The van der Waals surface area contributed by atoms with E-state index in [0.29, 0.717) is 37.1 Å². The van der Waals surface area contributed by atoms with Crippen molar-refractivity contribution in [2.24, 2.45) is 0 Å². The van der Waals surface area contributed by atoms with Gasteiger partial charge < -0.3 is 15.2 Å². The maximum atomic E-state index is 13.5. The van der Waals surface area contributed by atoms with Crippen LogP contribution in [0.5, 0.6) is 0 Å². The third-order valence-electron chi connectivity index (χ3n) is 6.18. The fraction of sp³-hybridized carbons (Fsp3) is 0.391. The Morgan fingerprint density at radius 3 is 2.62 bits per heavy atom. The molecule has 166 valence electrons. The monoisotopic (exact) mass is 440 g/mol. The molecule has 32 heavy (non-hydrogen) atoms. The number of fused-ring (bicyclic) bond motifs is 1. The number of nitrogens with zero attached hydrogens (tertiary/aromatic N) is 2. The van der Waals surface area contributed by atoms with Gasteiger partial charge in [-0.15, -0.1) is 0 Å². The first-order valence-corrected chi connectivity index (χ1v) is 10.5. The van der Waals surface area contributed by atoms with E-state index in [9.17, 15) is 23.2 Å². The van der Waals surface area contributed by atoms with Crippen LogP contribution in [0.15, 0.2) is 18.2 Å². The largest absolute Gasteiger partial charge is 0.344 e. The van der Waals surface area contributed by atoms with E-state index in [0.717, 1.165) is 31.4 Å². The number of ketones is 1. The molecule has 0 radical (unpaired) electrons. The van der Waals surface area contributed by atoms with Crippen LogP contribution in [0.1, 0.15) is 64.2 Å². The van der Waals surface area contributed by atoms with Gasteiger partial charge in [-0.2, -0.15) is 5.26 Å². The molecule has 2 aliphatic rings. The predicted octanol–water partition coefficient (Wildman–Crippen LogP) is 3.41. The number of halogens is 2. The summed E-state index contributed by atoms with van der Waals surface area (Å²) in [5.41, 5.74) is 1.03. The summed E-state index contributed by atoms with van der Waals surface area (Å²) in [5.74, 6) is -4.12. The first-order chi connectivity index (χ1) is 15.3. The first-order valence-electron chi connectivity index (χ1n) is 10.5. The Morgan fingerprint density at radius 2 is 1.97 bits per heavy atom. The Morgan fingerprint density at radius 1 is 1.22 bits per heavy atom. The molecule has 0 saturated heterocycles. The number of carbonyl (C=O) groups excluding carboxylic acids is 3. The number of benzene rings is 1. The number of anilines is 1. The van der Waals surface area contributed by atoms with Gasteiger partial charge in [-0.05, 0) is 56.7 Å². The highest BCUT2D eigenvalue weighted by atomic mass is 19.2. The number of carbonyl (C=O) groups is 3. The van der Waals surface area contributed by atoms with Gasteiger partial charge in [0.15, 0.2) is 11.6 Å². The van der Waals surface area contributed by atoms with Crippen LogP contribution in [0.3, 0.4) is 0 Å². The third-order valence-corrected chi connectivity index (χ3v) is 6.18. The zero-order chi connectivity index (χ0) is 23.0. The quantitative estimate of drug-likeness (QED) is 0.509. The standard InChI is InChI=1S/C23H22F2N4O3/c1-13-18(20(30)22(32)28-23(8-9-23)7-3-10-26)17-4-2-11-29(17)19(13)21(31)27-14-5-6-15(24)16(25)12-14/h5-6,12H,2-4,7-9,11H2,1H3,(H,27,31)(H,28,32). The summed E-state index contributed by atoms with van der Waals surface area (Å²) in [7, 11) is 0. The van der Waals surface area contributed by atoms with E-state index in [1.165, 1.54) is 6.07 Å². The second-order valence-electron chi connectivity index (χ2n) is 8.36. The van der Waals surface area contributed by atoms with Gasteiger partial charge in [0.25, 0.3) is 17.6 Å². The highest BCUT2D eigenvalue weighted by Gasteiger charge is 2.45. The van der Waals surface area contributed by atoms with Gasteiger partial charge in [-0.25, -0.2) is 8.78 Å². The molecule has 2 aromatic rings. The van der Waals surface area contributed by atoms with Gasteiger partial charge in [0.05, 0.1) is 11.6 Å². The van der Waals surface area contributed by atoms with Crippen LogP contribution >= 0.6 is 0 Å². The molecular weight excluding hydrogens is 418 g/mol. The lowest BCUT2D eigenvalue weighted by Crippen LogP contribution is -2.41. The smallest absolute Gasteiger partial charge is 0.292 e. The van der Waals surface area contributed by atoms with Crippen molar-refractivity contribution in [1.82, 2.24) is 9.88 Å². The van der Waals surface area contributed by atoms with E-state index >= 15 is 0 Å². The number of Topliss-reactive ketones (excluding diaryl/α,β-unsaturated/α-hetero) is 1. The Labute approximate surface area is 183 Å². The van der Waals surface area contributed by atoms with Crippen molar-refractivity contribution in [2.75, 3.05) is 5.32 Å². The number of nitriles is 1. The molecule has 1 aromatic heterocycles. The van der Waals surface area contributed by atoms with Crippen LogP contribution in [-0.2, 0) is 17.8 Å². The van der Waals surface area contributed by atoms with Gasteiger partial charge in [0.1, 0.15) is 5.69 Å². The molecule has 9 heteroatoms. The summed E-state index contributed by atoms with van der Waals surface area (Å²) in [6, 6.07) is 5.10. The molecule has 2 N–H and O–H groups in total. The number of amides is 2. The average Bonchev–Trinajstić information content (AvgIpc) is 3.25. The summed E-state index contributed by atoms with van der Waals surface area (Å²) < 4.78 is 28.4. The second-order valence-corrected chi connectivity index (χ2v) is 8.36. The SMILES string of the molecule is Cc1c(C(=O)C(=O)NC2(CCC#N)CC2)c2n(c1C(=O)Nc1ccc(F)c(F)c1)CCC2. The molecule has 0 bridgehead atoms. The Balaban J connectivity index is 1.59. The summed E-state index contributed by atoms with van der Waals surface area (Å²) in [6.07, 6.45) is 3.51.